The van der Waals surface area contributed by atoms with Gasteiger partial charge in [-0.15, -0.1) is 29.9 Å². The minimum Gasteiger partial charge on any atom is -0.473 e. The highest BCUT2D eigenvalue weighted by Crippen LogP contribution is 2.36. The lowest BCUT2D eigenvalue weighted by Gasteiger charge is -2.28. The second-order valence-corrected chi connectivity index (χ2v) is 9.82. The number of nitrogens with zero attached hydrogens (tertiary/aromatic N) is 5. The number of halogens is 4. The molecule has 1 aliphatic heterocycles. The van der Waals surface area contributed by atoms with Crippen molar-refractivity contribution >= 4 is 47.4 Å². The summed E-state index contributed by atoms with van der Waals surface area (Å²) in [5.74, 6) is -1.47. The first-order valence-corrected chi connectivity index (χ1v) is 13.2. The van der Waals surface area contributed by atoms with Crippen molar-refractivity contribution < 1.29 is 23.0 Å². The molecule has 0 aliphatic carbocycles. The third kappa shape index (κ3) is 6.80. The van der Waals surface area contributed by atoms with Gasteiger partial charge in [-0.3, -0.25) is 14.7 Å². The molecule has 0 unspecified atom stereocenters. The smallest absolute Gasteiger partial charge is 0.284 e. The molecule has 0 radical (unpaired) electrons. The highest BCUT2D eigenvalue weighted by molar-refractivity contribution is 6.04. The van der Waals surface area contributed by atoms with Gasteiger partial charge >= 0.3 is 0 Å². The Hall–Kier alpha value is -4.59. The summed E-state index contributed by atoms with van der Waals surface area (Å²) in [5.41, 5.74) is -0.132. The Balaban J connectivity index is 0.00000221. The molecule has 2 N–H and O–H groups in total. The van der Waals surface area contributed by atoms with Crippen molar-refractivity contribution in [3.05, 3.63) is 94.5 Å². The number of carbonyl (C=O) groups is 1. The van der Waals surface area contributed by atoms with Crippen molar-refractivity contribution in [3.63, 3.8) is 0 Å². The van der Waals surface area contributed by atoms with E-state index < -0.39 is 23.1 Å². The molecule has 0 atom stereocenters. The lowest BCUT2D eigenvalue weighted by Crippen LogP contribution is -2.35. The number of hydrogen-bond acceptors (Lipinski definition) is 8. The van der Waals surface area contributed by atoms with Gasteiger partial charge in [-0.1, -0.05) is 0 Å². The van der Waals surface area contributed by atoms with Crippen molar-refractivity contribution in [2.75, 3.05) is 25.5 Å². The standard InChI is InChI=1S/C29H25F2N7O4.2ClH/c1-37-14-10-20(11-15-37)41-28-25-24(9-12-32-26(25)35-36-28)42-23-7-4-18(16-22(23)31)34-27(39)21-8-13-33-38(29(21)40)19-5-2-17(30)3-6-19;;/h2-9,12-13,16,20H,10-11,14-15H2,1H3,(H,34,39)(H,32,35,36);2*1H. The number of anilines is 1. The molecule has 2 aromatic carbocycles. The number of piperidine rings is 1. The molecule has 0 saturated carbocycles. The zero-order chi connectivity index (χ0) is 29.2. The minimum atomic E-state index is -0.767. The SMILES string of the molecule is CN1CCC(Oc2n[nH]c3nccc(Oc4ccc(NC(=O)c5ccnn(-c6ccc(F)cc6)c5=O)cc4F)c23)CC1.Cl.Cl. The van der Waals surface area contributed by atoms with E-state index in [1.54, 1.807) is 6.07 Å². The third-order valence-corrected chi connectivity index (χ3v) is 6.91. The second-order valence-electron chi connectivity index (χ2n) is 9.82. The maximum atomic E-state index is 15.2. The summed E-state index contributed by atoms with van der Waals surface area (Å²) >= 11 is 0. The first kappa shape index (κ1) is 32.3. The highest BCUT2D eigenvalue weighted by Gasteiger charge is 2.23. The number of aromatic amines is 1. The van der Waals surface area contributed by atoms with Gasteiger partial charge in [0.05, 0.1) is 5.69 Å². The first-order chi connectivity index (χ1) is 20.4. The van der Waals surface area contributed by atoms with E-state index in [2.05, 4.69) is 37.5 Å². The molecule has 1 amide bonds. The van der Waals surface area contributed by atoms with Gasteiger partial charge in [-0.05, 0) is 62.4 Å². The van der Waals surface area contributed by atoms with E-state index in [4.69, 9.17) is 9.47 Å². The monoisotopic (exact) mass is 645 g/mol. The molecular formula is C29H27Cl2F2N7O4. The van der Waals surface area contributed by atoms with Crippen LogP contribution in [0.2, 0.25) is 0 Å². The van der Waals surface area contributed by atoms with Crippen molar-refractivity contribution in [2.45, 2.75) is 18.9 Å². The maximum absolute atomic E-state index is 15.2. The molecule has 0 bridgehead atoms. The lowest BCUT2D eigenvalue weighted by atomic mass is 10.1. The fourth-order valence-corrected chi connectivity index (χ4v) is 4.66. The Bertz CT molecular complexity index is 1830. The van der Waals surface area contributed by atoms with Crippen molar-refractivity contribution in [1.29, 1.82) is 0 Å². The predicted octanol–water partition coefficient (Wildman–Crippen LogP) is 5.14. The zero-order valence-electron chi connectivity index (χ0n) is 23.2. The number of benzene rings is 2. The Morgan fingerprint density at radius 3 is 2.48 bits per heavy atom. The van der Waals surface area contributed by atoms with E-state index in [1.807, 2.05) is 0 Å². The normalized spacial score (nSPS) is 13.5. The topological polar surface area (TPSA) is 127 Å². The van der Waals surface area contributed by atoms with Gasteiger partial charge < -0.3 is 19.7 Å². The lowest BCUT2D eigenvalue weighted by molar-refractivity contribution is 0.102. The molecule has 6 rings (SSSR count). The number of pyridine rings is 1. The Morgan fingerprint density at radius 1 is 1.00 bits per heavy atom. The van der Waals surface area contributed by atoms with Crippen LogP contribution in [0.15, 0.2) is 71.8 Å². The van der Waals surface area contributed by atoms with Crippen molar-refractivity contribution in [2.24, 2.45) is 0 Å². The quantitative estimate of drug-likeness (QED) is 0.249. The zero-order valence-corrected chi connectivity index (χ0v) is 24.8. The van der Waals surface area contributed by atoms with Crippen LogP contribution in [-0.2, 0) is 0 Å². The molecule has 1 aliphatic rings. The van der Waals surface area contributed by atoms with Crippen LogP contribution < -0.4 is 20.3 Å². The largest absolute Gasteiger partial charge is 0.473 e. The summed E-state index contributed by atoms with van der Waals surface area (Å²) in [6.07, 6.45) is 4.47. The Kier molecular flexibility index (Phi) is 10.1. The van der Waals surface area contributed by atoms with Gasteiger partial charge in [0.25, 0.3) is 11.5 Å². The minimum absolute atomic E-state index is 0. The van der Waals surface area contributed by atoms with Crippen molar-refractivity contribution in [1.82, 2.24) is 29.9 Å². The number of rotatable bonds is 7. The molecule has 4 heterocycles. The number of H-pyrrole nitrogens is 1. The number of hydrogen-bond donors (Lipinski definition) is 2. The summed E-state index contributed by atoms with van der Waals surface area (Å²) in [4.78, 5) is 32.3. The van der Waals surface area contributed by atoms with Crippen LogP contribution in [0.1, 0.15) is 23.2 Å². The number of amides is 1. The summed E-state index contributed by atoms with van der Waals surface area (Å²) in [6.45, 7) is 1.82. The molecular weight excluding hydrogens is 619 g/mol. The number of aromatic nitrogens is 5. The third-order valence-electron chi connectivity index (χ3n) is 6.91. The fourth-order valence-electron chi connectivity index (χ4n) is 4.66. The average Bonchev–Trinajstić information content (AvgIpc) is 3.40. The van der Waals surface area contributed by atoms with Gasteiger partial charge in [0.15, 0.2) is 17.2 Å². The van der Waals surface area contributed by atoms with Crippen LogP contribution in [-0.4, -0.2) is 62.0 Å². The molecule has 1 fully saturated rings. The van der Waals surface area contributed by atoms with Crippen LogP contribution in [0.4, 0.5) is 14.5 Å². The number of fused-ring (bicyclic) bond motifs is 1. The Labute approximate surface area is 262 Å². The fraction of sp³-hybridized carbons (Fsp3) is 0.207. The molecule has 5 aromatic rings. The molecule has 44 heavy (non-hydrogen) atoms. The highest BCUT2D eigenvalue weighted by atomic mass is 35.5. The summed E-state index contributed by atoms with van der Waals surface area (Å²) < 4.78 is 41.5. The van der Waals surface area contributed by atoms with Gasteiger partial charge in [-0.25, -0.2) is 13.8 Å². The van der Waals surface area contributed by atoms with Crippen LogP contribution in [0.5, 0.6) is 17.4 Å². The molecule has 11 nitrogen and oxygen atoms in total. The van der Waals surface area contributed by atoms with Crippen molar-refractivity contribution in [3.8, 4) is 23.1 Å². The number of nitrogens with one attached hydrogen (secondary N) is 2. The van der Waals surface area contributed by atoms with Gasteiger partial charge in [0.2, 0.25) is 5.88 Å². The number of likely N-dealkylation sites (tertiary alicyclic amines) is 1. The van der Waals surface area contributed by atoms with E-state index >= 15 is 4.39 Å². The van der Waals surface area contributed by atoms with Crippen LogP contribution in [0.3, 0.4) is 0 Å². The average molecular weight is 646 g/mol. The van der Waals surface area contributed by atoms with E-state index in [1.165, 1.54) is 54.9 Å². The summed E-state index contributed by atoms with van der Waals surface area (Å²) in [7, 11) is 2.06. The first-order valence-electron chi connectivity index (χ1n) is 13.2. The van der Waals surface area contributed by atoms with E-state index in [9.17, 15) is 14.0 Å². The van der Waals surface area contributed by atoms with E-state index in [-0.39, 0.29) is 53.6 Å². The Morgan fingerprint density at radius 2 is 1.75 bits per heavy atom. The maximum Gasteiger partial charge on any atom is 0.284 e. The van der Waals surface area contributed by atoms with E-state index in [0.717, 1.165) is 36.7 Å². The molecule has 230 valence electrons. The summed E-state index contributed by atoms with van der Waals surface area (Å²) in [5, 5.41) is 14.0. The van der Waals surface area contributed by atoms with Gasteiger partial charge in [0, 0.05) is 43.3 Å². The second kappa shape index (κ2) is 13.8. The molecule has 3 aromatic heterocycles. The molecule has 0 spiro atoms. The van der Waals surface area contributed by atoms with Gasteiger partial charge in [0.1, 0.15) is 28.6 Å². The number of carbonyl (C=O) groups excluding carboxylic acids is 1. The van der Waals surface area contributed by atoms with Crippen LogP contribution >= 0.6 is 24.8 Å². The molecule has 15 heteroatoms. The number of ether oxygens (including phenoxy) is 2. The van der Waals surface area contributed by atoms with E-state index in [0.29, 0.717) is 22.7 Å². The summed E-state index contributed by atoms with van der Waals surface area (Å²) in [6, 6.07) is 11.8. The van der Waals surface area contributed by atoms with Crippen LogP contribution in [0, 0.1) is 11.6 Å². The van der Waals surface area contributed by atoms with Gasteiger partial charge in [-0.2, -0.15) is 9.78 Å². The predicted molar refractivity (Wildman–Crippen MR) is 164 cm³/mol. The molecule has 1 saturated heterocycles. The van der Waals surface area contributed by atoms with Crippen LogP contribution in [0.25, 0.3) is 16.7 Å².